The Bertz CT molecular complexity index is 1170. The van der Waals surface area contributed by atoms with E-state index in [4.69, 9.17) is 16.3 Å². The Morgan fingerprint density at radius 2 is 1.76 bits per heavy atom. The second-order valence-electron chi connectivity index (χ2n) is 6.93. The smallest absolute Gasteiger partial charge is 0.275 e. The number of nitrogens with zero attached hydrogens (tertiary/aromatic N) is 1. The van der Waals surface area contributed by atoms with Gasteiger partial charge in [0, 0.05) is 10.0 Å². The van der Waals surface area contributed by atoms with Crippen LogP contribution < -0.4 is 10.1 Å². The van der Waals surface area contributed by atoms with Crippen molar-refractivity contribution in [3.05, 3.63) is 80.3 Å². The van der Waals surface area contributed by atoms with Gasteiger partial charge in [0.05, 0.1) is 16.4 Å². The van der Waals surface area contributed by atoms with E-state index >= 15 is 0 Å². The number of anilines is 1. The van der Waals surface area contributed by atoms with Crippen molar-refractivity contribution in [2.24, 2.45) is 4.99 Å². The SMILES string of the molecule is Cc1cccc(Oc2ccc(N=C3C(=O)Nc4c3cc(Br)c(Cl)c4C)cc2)c1C. The van der Waals surface area contributed by atoms with Crippen LogP contribution in [0.25, 0.3) is 0 Å². The number of nitrogens with one attached hydrogen (secondary N) is 1. The normalized spacial score (nSPS) is 14.1. The van der Waals surface area contributed by atoms with Crippen LogP contribution in [0.2, 0.25) is 5.02 Å². The maximum Gasteiger partial charge on any atom is 0.275 e. The lowest BCUT2D eigenvalue weighted by Crippen LogP contribution is -2.13. The van der Waals surface area contributed by atoms with E-state index in [1.165, 1.54) is 5.56 Å². The van der Waals surface area contributed by atoms with E-state index in [0.717, 1.165) is 26.9 Å². The topological polar surface area (TPSA) is 50.7 Å². The Kier molecular flexibility index (Phi) is 5.19. The Morgan fingerprint density at radius 3 is 2.48 bits per heavy atom. The summed E-state index contributed by atoms with van der Waals surface area (Å²) in [5, 5.41) is 3.44. The van der Waals surface area contributed by atoms with Crippen LogP contribution in [0.5, 0.6) is 11.5 Å². The van der Waals surface area contributed by atoms with Crippen LogP contribution >= 0.6 is 27.5 Å². The molecule has 0 bridgehead atoms. The molecule has 0 fully saturated rings. The lowest BCUT2D eigenvalue weighted by atomic mass is 10.1. The molecular weight excluding hydrogens is 452 g/mol. The number of ether oxygens (including phenoxy) is 1. The zero-order valence-electron chi connectivity index (χ0n) is 16.1. The van der Waals surface area contributed by atoms with Gasteiger partial charge in [-0.15, -0.1) is 0 Å². The highest BCUT2D eigenvalue weighted by molar-refractivity contribution is 9.10. The second-order valence-corrected chi connectivity index (χ2v) is 8.16. The summed E-state index contributed by atoms with van der Waals surface area (Å²) in [5.74, 6) is 1.29. The summed E-state index contributed by atoms with van der Waals surface area (Å²) >= 11 is 9.71. The summed E-state index contributed by atoms with van der Waals surface area (Å²) in [4.78, 5) is 17.0. The van der Waals surface area contributed by atoms with Gasteiger partial charge in [0.15, 0.2) is 0 Å². The van der Waals surface area contributed by atoms with Crippen LogP contribution in [0.3, 0.4) is 0 Å². The molecule has 0 aliphatic carbocycles. The fraction of sp³-hybridized carbons (Fsp3) is 0.130. The fourth-order valence-corrected chi connectivity index (χ4v) is 3.86. The quantitative estimate of drug-likeness (QED) is 0.454. The lowest BCUT2D eigenvalue weighted by Gasteiger charge is -2.10. The Hall–Kier alpha value is -2.63. The van der Waals surface area contributed by atoms with Crippen molar-refractivity contribution in [3.8, 4) is 11.5 Å². The highest BCUT2D eigenvalue weighted by Gasteiger charge is 2.29. The van der Waals surface area contributed by atoms with Crippen molar-refractivity contribution in [1.82, 2.24) is 0 Å². The molecule has 3 aromatic rings. The molecule has 1 aliphatic rings. The molecule has 0 radical (unpaired) electrons. The molecule has 0 spiro atoms. The van der Waals surface area contributed by atoms with Gasteiger partial charge in [-0.1, -0.05) is 23.7 Å². The molecule has 4 rings (SSSR count). The largest absolute Gasteiger partial charge is 0.457 e. The molecule has 1 aliphatic heterocycles. The van der Waals surface area contributed by atoms with Crippen molar-refractivity contribution in [2.45, 2.75) is 20.8 Å². The van der Waals surface area contributed by atoms with Crippen molar-refractivity contribution in [1.29, 1.82) is 0 Å². The molecule has 29 heavy (non-hydrogen) atoms. The number of benzene rings is 3. The highest BCUT2D eigenvalue weighted by Crippen LogP contribution is 2.38. The predicted octanol–water partition coefficient (Wildman–Crippen LogP) is 6.89. The molecule has 1 N–H and O–H groups in total. The summed E-state index contributed by atoms with van der Waals surface area (Å²) in [6.45, 7) is 5.96. The first-order chi connectivity index (χ1) is 13.8. The maximum atomic E-state index is 12.5. The molecule has 146 valence electrons. The van der Waals surface area contributed by atoms with E-state index in [9.17, 15) is 4.79 Å². The van der Waals surface area contributed by atoms with Crippen LogP contribution in [0.4, 0.5) is 11.4 Å². The Morgan fingerprint density at radius 1 is 1.03 bits per heavy atom. The molecule has 6 heteroatoms. The summed E-state index contributed by atoms with van der Waals surface area (Å²) in [5.41, 5.74) is 5.57. The van der Waals surface area contributed by atoms with E-state index in [0.29, 0.717) is 27.9 Å². The third kappa shape index (κ3) is 3.68. The molecule has 1 amide bonds. The maximum absolute atomic E-state index is 12.5. The monoisotopic (exact) mass is 468 g/mol. The number of rotatable bonds is 3. The Balaban J connectivity index is 1.64. The van der Waals surface area contributed by atoms with Crippen LogP contribution in [-0.4, -0.2) is 11.6 Å². The van der Waals surface area contributed by atoms with Crippen molar-refractivity contribution in [2.75, 3.05) is 5.32 Å². The zero-order chi connectivity index (χ0) is 20.7. The zero-order valence-corrected chi connectivity index (χ0v) is 18.5. The number of aryl methyl sites for hydroxylation is 1. The molecule has 0 atom stereocenters. The number of hydrogen-bond donors (Lipinski definition) is 1. The van der Waals surface area contributed by atoms with E-state index in [-0.39, 0.29) is 5.91 Å². The molecule has 1 heterocycles. The minimum Gasteiger partial charge on any atom is -0.457 e. The van der Waals surface area contributed by atoms with Crippen molar-refractivity contribution >= 4 is 50.5 Å². The van der Waals surface area contributed by atoms with E-state index < -0.39 is 0 Å². The van der Waals surface area contributed by atoms with Crippen molar-refractivity contribution in [3.63, 3.8) is 0 Å². The third-order valence-corrected chi connectivity index (χ3v) is 6.36. The average Bonchev–Trinajstić information content (AvgIpc) is 3.01. The summed E-state index contributed by atoms with van der Waals surface area (Å²) < 4.78 is 6.72. The van der Waals surface area contributed by atoms with Gasteiger partial charge in [-0.3, -0.25) is 4.79 Å². The van der Waals surface area contributed by atoms with Gasteiger partial charge in [0.25, 0.3) is 5.91 Å². The van der Waals surface area contributed by atoms with Crippen molar-refractivity contribution < 1.29 is 9.53 Å². The second kappa shape index (κ2) is 7.65. The first-order valence-corrected chi connectivity index (χ1v) is 10.3. The summed E-state index contributed by atoms with van der Waals surface area (Å²) in [6.07, 6.45) is 0. The minimum absolute atomic E-state index is 0.243. The van der Waals surface area contributed by atoms with E-state index in [1.807, 2.05) is 56.3 Å². The van der Waals surface area contributed by atoms with E-state index in [2.05, 4.69) is 39.2 Å². The molecular formula is C23H18BrClN2O2. The molecule has 4 nitrogen and oxygen atoms in total. The van der Waals surface area contributed by atoms with Gasteiger partial charge in [0.2, 0.25) is 0 Å². The summed E-state index contributed by atoms with van der Waals surface area (Å²) in [6, 6.07) is 15.1. The fourth-order valence-electron chi connectivity index (χ4n) is 3.19. The predicted molar refractivity (Wildman–Crippen MR) is 121 cm³/mol. The lowest BCUT2D eigenvalue weighted by molar-refractivity contribution is -0.110. The van der Waals surface area contributed by atoms with E-state index in [1.54, 1.807) is 0 Å². The van der Waals surface area contributed by atoms with Crippen LogP contribution in [0.15, 0.2) is 58.0 Å². The number of halogens is 2. The van der Waals surface area contributed by atoms with Gasteiger partial charge in [-0.05, 0) is 89.8 Å². The van der Waals surface area contributed by atoms with Crippen LogP contribution in [-0.2, 0) is 4.79 Å². The van der Waals surface area contributed by atoms with Gasteiger partial charge < -0.3 is 10.1 Å². The molecule has 0 saturated heterocycles. The Labute approximate surface area is 182 Å². The number of carbonyl (C=O) groups excluding carboxylic acids is 1. The van der Waals surface area contributed by atoms with Crippen LogP contribution in [0.1, 0.15) is 22.3 Å². The number of amides is 1. The molecule has 3 aromatic carbocycles. The standard InChI is InChI=1S/C23H18BrClN2O2/c1-12-5-4-6-19(13(12)2)29-16-9-7-15(8-10-16)26-22-17-11-18(24)20(25)14(3)21(17)27-23(22)28/h4-11H,1-3H3,(H,26,27,28). The van der Waals surface area contributed by atoms with Gasteiger partial charge in [-0.2, -0.15) is 0 Å². The van der Waals surface area contributed by atoms with Crippen LogP contribution in [0, 0.1) is 20.8 Å². The first-order valence-electron chi connectivity index (χ1n) is 9.08. The van der Waals surface area contributed by atoms with Gasteiger partial charge in [0.1, 0.15) is 17.2 Å². The molecule has 0 aromatic heterocycles. The van der Waals surface area contributed by atoms with Gasteiger partial charge in [-0.25, -0.2) is 4.99 Å². The number of hydrogen-bond acceptors (Lipinski definition) is 3. The van der Waals surface area contributed by atoms with Gasteiger partial charge >= 0.3 is 0 Å². The third-order valence-electron chi connectivity index (χ3n) is 5.02. The average molecular weight is 470 g/mol. The minimum atomic E-state index is -0.243. The first kappa shape index (κ1) is 19.7. The molecule has 0 unspecified atom stereocenters. The highest BCUT2D eigenvalue weighted by atomic mass is 79.9. The number of carbonyl (C=O) groups is 1. The molecule has 0 saturated carbocycles. The summed E-state index contributed by atoms with van der Waals surface area (Å²) in [7, 11) is 0. The number of fused-ring (bicyclic) bond motifs is 1. The number of aliphatic imine (C=N–C) groups is 1.